The third-order valence-electron chi connectivity index (χ3n) is 5.05. The van der Waals surface area contributed by atoms with Crippen molar-refractivity contribution in [1.29, 1.82) is 0 Å². The summed E-state index contributed by atoms with van der Waals surface area (Å²) in [6, 6.07) is 0. The van der Waals surface area contributed by atoms with Gasteiger partial charge < -0.3 is 14.4 Å². The molecule has 0 amide bonds. The molecule has 2 fully saturated rings. The summed E-state index contributed by atoms with van der Waals surface area (Å²) in [4.78, 5) is 6.92. The second-order valence-electron chi connectivity index (χ2n) is 6.80. The summed E-state index contributed by atoms with van der Waals surface area (Å²) >= 11 is 0. The Kier molecular flexibility index (Phi) is 5.10. The van der Waals surface area contributed by atoms with Gasteiger partial charge in [0.15, 0.2) is 5.82 Å². The Labute approximate surface area is 131 Å². The van der Waals surface area contributed by atoms with Crippen LogP contribution in [0, 0.1) is 5.41 Å². The van der Waals surface area contributed by atoms with Crippen LogP contribution >= 0.6 is 0 Å². The normalized spacial score (nSPS) is 27.5. The van der Waals surface area contributed by atoms with Crippen molar-refractivity contribution in [2.24, 2.45) is 5.41 Å². The van der Waals surface area contributed by atoms with Crippen molar-refractivity contribution < 1.29 is 14.4 Å². The molecule has 1 atom stereocenters. The molecule has 1 aromatic heterocycles. The average Bonchev–Trinajstić information content (AvgIpc) is 3.17. The Hall–Kier alpha value is -0.980. The lowest BCUT2D eigenvalue weighted by atomic mass is 9.83. The molecule has 2 saturated heterocycles. The third kappa shape index (κ3) is 3.50. The molecule has 124 valence electrons. The van der Waals surface area contributed by atoms with Gasteiger partial charge in [-0.25, -0.2) is 0 Å². The zero-order valence-corrected chi connectivity index (χ0v) is 13.5. The van der Waals surface area contributed by atoms with Crippen LogP contribution in [-0.4, -0.2) is 53.1 Å². The molecule has 2 aliphatic heterocycles. The standard InChI is InChI=1S/C16H27N3O3/c1-2-5-16(12-20)6-7-19(11-16)10-14-17-15(22-18-14)13-3-8-21-9-4-13/h13,20H,2-12H2,1H3. The summed E-state index contributed by atoms with van der Waals surface area (Å²) < 4.78 is 10.8. The second kappa shape index (κ2) is 7.06. The molecule has 0 saturated carbocycles. The molecule has 2 aliphatic rings. The van der Waals surface area contributed by atoms with E-state index in [1.807, 2.05) is 0 Å². The number of hydrogen-bond donors (Lipinski definition) is 1. The first-order valence-electron chi connectivity index (χ1n) is 8.48. The Balaban J connectivity index is 1.56. The van der Waals surface area contributed by atoms with Crippen molar-refractivity contribution in [3.05, 3.63) is 11.7 Å². The zero-order chi connectivity index (χ0) is 15.4. The molecule has 3 heterocycles. The van der Waals surface area contributed by atoms with E-state index in [-0.39, 0.29) is 12.0 Å². The van der Waals surface area contributed by atoms with E-state index >= 15 is 0 Å². The number of rotatable bonds is 6. The summed E-state index contributed by atoms with van der Waals surface area (Å²) in [6.07, 6.45) is 5.19. The number of nitrogens with zero attached hydrogens (tertiary/aromatic N) is 3. The molecule has 0 aromatic carbocycles. The van der Waals surface area contributed by atoms with Gasteiger partial charge in [-0.2, -0.15) is 4.98 Å². The molecule has 0 bridgehead atoms. The van der Waals surface area contributed by atoms with Gasteiger partial charge in [-0.05, 0) is 32.2 Å². The Bertz CT molecular complexity index is 473. The fourth-order valence-corrected chi connectivity index (χ4v) is 3.75. The number of likely N-dealkylation sites (tertiary alicyclic amines) is 1. The lowest BCUT2D eigenvalue weighted by molar-refractivity contribution is 0.0778. The molecule has 0 radical (unpaired) electrons. The third-order valence-corrected chi connectivity index (χ3v) is 5.05. The fraction of sp³-hybridized carbons (Fsp3) is 0.875. The summed E-state index contributed by atoms with van der Waals surface area (Å²) in [5.41, 5.74) is 0.0715. The Morgan fingerprint density at radius 1 is 1.36 bits per heavy atom. The van der Waals surface area contributed by atoms with Crippen molar-refractivity contribution in [1.82, 2.24) is 15.0 Å². The number of aliphatic hydroxyl groups is 1. The minimum Gasteiger partial charge on any atom is -0.396 e. The van der Waals surface area contributed by atoms with Gasteiger partial charge in [0.05, 0.1) is 6.54 Å². The van der Waals surface area contributed by atoms with Crippen LogP contribution < -0.4 is 0 Å². The van der Waals surface area contributed by atoms with Crippen molar-refractivity contribution in [3.8, 4) is 0 Å². The monoisotopic (exact) mass is 309 g/mol. The maximum Gasteiger partial charge on any atom is 0.229 e. The van der Waals surface area contributed by atoms with E-state index in [0.29, 0.717) is 5.92 Å². The van der Waals surface area contributed by atoms with Crippen LogP contribution in [0.2, 0.25) is 0 Å². The molecule has 3 rings (SSSR count). The highest BCUT2D eigenvalue weighted by Crippen LogP contribution is 2.35. The van der Waals surface area contributed by atoms with E-state index < -0.39 is 0 Å². The smallest absolute Gasteiger partial charge is 0.229 e. The van der Waals surface area contributed by atoms with Crippen molar-refractivity contribution >= 4 is 0 Å². The van der Waals surface area contributed by atoms with Gasteiger partial charge in [-0.15, -0.1) is 0 Å². The molecule has 1 N–H and O–H groups in total. The number of ether oxygens (including phenoxy) is 1. The van der Waals surface area contributed by atoms with E-state index in [2.05, 4.69) is 22.0 Å². The minimum absolute atomic E-state index is 0.0715. The summed E-state index contributed by atoms with van der Waals surface area (Å²) in [6.45, 7) is 6.67. The Morgan fingerprint density at radius 3 is 2.91 bits per heavy atom. The predicted molar refractivity (Wildman–Crippen MR) is 81.4 cm³/mol. The van der Waals surface area contributed by atoms with Crippen LogP contribution in [0.3, 0.4) is 0 Å². The maximum absolute atomic E-state index is 9.72. The van der Waals surface area contributed by atoms with E-state index in [9.17, 15) is 5.11 Å². The minimum atomic E-state index is 0.0715. The average molecular weight is 309 g/mol. The lowest BCUT2D eigenvalue weighted by Gasteiger charge is -2.26. The molecule has 0 spiro atoms. The molecular formula is C16H27N3O3. The van der Waals surface area contributed by atoms with Gasteiger partial charge in [0.1, 0.15) is 0 Å². The molecule has 1 unspecified atom stereocenters. The van der Waals surface area contributed by atoms with Crippen molar-refractivity contribution in [2.75, 3.05) is 32.9 Å². The van der Waals surface area contributed by atoms with Crippen LogP contribution in [0.15, 0.2) is 4.52 Å². The summed E-state index contributed by atoms with van der Waals surface area (Å²) in [5.74, 6) is 1.89. The highest BCUT2D eigenvalue weighted by Gasteiger charge is 2.37. The van der Waals surface area contributed by atoms with Gasteiger partial charge in [0, 0.05) is 37.7 Å². The molecule has 6 heteroatoms. The van der Waals surface area contributed by atoms with Crippen LogP contribution in [0.25, 0.3) is 0 Å². The SMILES string of the molecule is CCCC1(CO)CCN(Cc2noc(C3CCOCC3)n2)C1. The van der Waals surface area contributed by atoms with Crippen LogP contribution in [0.1, 0.15) is 56.7 Å². The lowest BCUT2D eigenvalue weighted by Crippen LogP contribution is -2.30. The largest absolute Gasteiger partial charge is 0.396 e. The topological polar surface area (TPSA) is 71.6 Å². The van der Waals surface area contributed by atoms with E-state index in [1.54, 1.807) is 0 Å². The first-order valence-corrected chi connectivity index (χ1v) is 8.48. The van der Waals surface area contributed by atoms with Gasteiger partial charge >= 0.3 is 0 Å². The van der Waals surface area contributed by atoms with Crippen LogP contribution in [0.5, 0.6) is 0 Å². The van der Waals surface area contributed by atoms with Gasteiger partial charge in [-0.1, -0.05) is 18.5 Å². The number of aromatic nitrogens is 2. The molecule has 6 nitrogen and oxygen atoms in total. The van der Waals surface area contributed by atoms with Gasteiger partial charge in [-0.3, -0.25) is 4.90 Å². The molecular weight excluding hydrogens is 282 g/mol. The summed E-state index contributed by atoms with van der Waals surface area (Å²) in [7, 11) is 0. The van der Waals surface area contributed by atoms with Crippen molar-refractivity contribution in [2.45, 2.75) is 51.5 Å². The van der Waals surface area contributed by atoms with Gasteiger partial charge in [0.2, 0.25) is 5.89 Å². The van der Waals surface area contributed by atoms with Crippen LogP contribution in [-0.2, 0) is 11.3 Å². The first kappa shape index (κ1) is 15.9. The molecule has 0 aliphatic carbocycles. The predicted octanol–water partition coefficient (Wildman–Crippen LogP) is 1.95. The summed E-state index contributed by atoms with van der Waals surface area (Å²) in [5, 5.41) is 13.9. The first-order chi connectivity index (χ1) is 10.7. The zero-order valence-electron chi connectivity index (χ0n) is 13.5. The highest BCUT2D eigenvalue weighted by molar-refractivity contribution is 4.97. The van der Waals surface area contributed by atoms with E-state index in [4.69, 9.17) is 9.26 Å². The fourth-order valence-electron chi connectivity index (χ4n) is 3.75. The molecule has 1 aromatic rings. The second-order valence-corrected chi connectivity index (χ2v) is 6.80. The van der Waals surface area contributed by atoms with Gasteiger partial charge in [0.25, 0.3) is 0 Å². The van der Waals surface area contributed by atoms with E-state index in [0.717, 1.165) is 76.7 Å². The number of aliphatic hydroxyl groups excluding tert-OH is 1. The van der Waals surface area contributed by atoms with E-state index in [1.165, 1.54) is 0 Å². The Morgan fingerprint density at radius 2 is 2.18 bits per heavy atom. The van der Waals surface area contributed by atoms with Crippen LogP contribution in [0.4, 0.5) is 0 Å². The van der Waals surface area contributed by atoms with Crippen molar-refractivity contribution in [3.63, 3.8) is 0 Å². The maximum atomic E-state index is 9.72. The highest BCUT2D eigenvalue weighted by atomic mass is 16.5. The quantitative estimate of drug-likeness (QED) is 0.866. The number of hydrogen-bond acceptors (Lipinski definition) is 6. The molecule has 22 heavy (non-hydrogen) atoms.